The van der Waals surface area contributed by atoms with E-state index >= 15 is 0 Å². The van der Waals surface area contributed by atoms with Crippen LogP contribution in [0.15, 0.2) is 30.3 Å². The summed E-state index contributed by atoms with van der Waals surface area (Å²) < 4.78 is 62.7. The minimum absolute atomic E-state index is 0.114. The molecule has 0 aliphatic heterocycles. The van der Waals surface area contributed by atoms with Crippen LogP contribution in [0.5, 0.6) is 11.5 Å². The molecule has 0 fully saturated rings. The number of nitriles is 1. The predicted octanol–water partition coefficient (Wildman–Crippen LogP) is 3.96. The van der Waals surface area contributed by atoms with E-state index in [-0.39, 0.29) is 25.7 Å². The highest BCUT2D eigenvalue weighted by Crippen LogP contribution is 2.26. The highest BCUT2D eigenvalue weighted by Gasteiger charge is 2.20. The third-order valence-corrected chi connectivity index (χ3v) is 2.84. The first-order valence-electron chi connectivity index (χ1n) is 6.61. The van der Waals surface area contributed by atoms with E-state index in [2.05, 4.69) is 0 Å². The molecule has 0 heterocycles. The van der Waals surface area contributed by atoms with Gasteiger partial charge in [-0.3, -0.25) is 0 Å². The number of benzene rings is 2. The smallest absolute Gasteiger partial charge is 0.203 e. The van der Waals surface area contributed by atoms with E-state index < -0.39 is 29.0 Å². The summed E-state index contributed by atoms with van der Waals surface area (Å²) in [6.07, 6.45) is 0.216. The standard InChI is InChI=1S/C16H11F4NO2/c17-12-8-13(18)15(20)16(14(12)19)23-6-2-5-22-11-4-1-3-10(7-11)9-21/h1,3-4,7-8H,2,5-6H2. The van der Waals surface area contributed by atoms with E-state index in [1.165, 1.54) is 6.07 Å². The monoisotopic (exact) mass is 325 g/mol. The Bertz CT molecular complexity index is 717. The Morgan fingerprint density at radius 2 is 1.57 bits per heavy atom. The Balaban J connectivity index is 1.86. The van der Waals surface area contributed by atoms with Crippen LogP contribution in [-0.2, 0) is 0 Å². The summed E-state index contributed by atoms with van der Waals surface area (Å²) in [4.78, 5) is 0. The van der Waals surface area contributed by atoms with Gasteiger partial charge < -0.3 is 9.47 Å². The van der Waals surface area contributed by atoms with Gasteiger partial charge >= 0.3 is 0 Å². The van der Waals surface area contributed by atoms with Crippen molar-refractivity contribution in [3.63, 3.8) is 0 Å². The number of hydrogen-bond acceptors (Lipinski definition) is 3. The molecular formula is C16H11F4NO2. The van der Waals surface area contributed by atoms with E-state index in [0.29, 0.717) is 11.3 Å². The molecule has 0 aromatic heterocycles. The topological polar surface area (TPSA) is 42.2 Å². The van der Waals surface area contributed by atoms with Crippen LogP contribution in [0.1, 0.15) is 12.0 Å². The molecule has 2 rings (SSSR count). The SMILES string of the molecule is N#Cc1cccc(OCCCOc2c(F)c(F)cc(F)c2F)c1. The van der Waals surface area contributed by atoms with Crippen LogP contribution < -0.4 is 9.47 Å². The van der Waals surface area contributed by atoms with Crippen molar-refractivity contribution >= 4 is 0 Å². The van der Waals surface area contributed by atoms with Crippen molar-refractivity contribution < 1.29 is 27.0 Å². The summed E-state index contributed by atoms with van der Waals surface area (Å²) in [6.45, 7) is -0.0649. The molecule has 120 valence electrons. The maximum absolute atomic E-state index is 13.3. The van der Waals surface area contributed by atoms with Crippen LogP contribution in [-0.4, -0.2) is 13.2 Å². The Hall–Kier alpha value is -2.75. The molecular weight excluding hydrogens is 314 g/mol. The molecule has 0 spiro atoms. The molecule has 0 saturated heterocycles. The molecule has 0 bridgehead atoms. The van der Waals surface area contributed by atoms with Crippen molar-refractivity contribution in [2.24, 2.45) is 0 Å². The first kappa shape index (κ1) is 16.6. The van der Waals surface area contributed by atoms with Gasteiger partial charge in [0.2, 0.25) is 11.6 Å². The largest absolute Gasteiger partial charge is 0.493 e. The van der Waals surface area contributed by atoms with Crippen molar-refractivity contribution in [2.45, 2.75) is 6.42 Å². The van der Waals surface area contributed by atoms with E-state index in [9.17, 15) is 17.6 Å². The molecule has 0 atom stereocenters. The second-order valence-corrected chi connectivity index (χ2v) is 4.49. The lowest BCUT2D eigenvalue weighted by Crippen LogP contribution is -2.08. The van der Waals surface area contributed by atoms with Gasteiger partial charge in [0.05, 0.1) is 24.8 Å². The van der Waals surface area contributed by atoms with Crippen molar-refractivity contribution in [3.05, 3.63) is 59.2 Å². The number of rotatable bonds is 6. The fourth-order valence-corrected chi connectivity index (χ4v) is 1.76. The average molecular weight is 325 g/mol. The predicted molar refractivity (Wildman–Crippen MR) is 73.0 cm³/mol. The van der Waals surface area contributed by atoms with Crippen LogP contribution >= 0.6 is 0 Å². The highest BCUT2D eigenvalue weighted by molar-refractivity contribution is 5.36. The lowest BCUT2D eigenvalue weighted by Gasteiger charge is -2.10. The van der Waals surface area contributed by atoms with Gasteiger partial charge in [0.1, 0.15) is 5.75 Å². The average Bonchev–Trinajstić information content (AvgIpc) is 2.55. The zero-order valence-corrected chi connectivity index (χ0v) is 11.8. The van der Waals surface area contributed by atoms with Gasteiger partial charge in [-0.1, -0.05) is 6.07 Å². The number of ether oxygens (including phenoxy) is 2. The van der Waals surface area contributed by atoms with Crippen molar-refractivity contribution in [3.8, 4) is 17.6 Å². The molecule has 0 aliphatic carbocycles. The normalized spacial score (nSPS) is 10.2. The van der Waals surface area contributed by atoms with E-state index in [1.807, 2.05) is 6.07 Å². The van der Waals surface area contributed by atoms with Crippen molar-refractivity contribution in [1.82, 2.24) is 0 Å². The zero-order chi connectivity index (χ0) is 16.8. The molecule has 2 aromatic rings. The fraction of sp³-hybridized carbons (Fsp3) is 0.188. The van der Waals surface area contributed by atoms with Crippen LogP contribution in [0.2, 0.25) is 0 Å². The number of halogens is 4. The number of nitrogens with zero attached hydrogens (tertiary/aromatic N) is 1. The van der Waals surface area contributed by atoms with E-state index in [0.717, 1.165) is 0 Å². The molecule has 0 aliphatic rings. The van der Waals surface area contributed by atoms with Gasteiger partial charge in [-0.25, -0.2) is 8.78 Å². The quantitative estimate of drug-likeness (QED) is 0.459. The maximum atomic E-state index is 13.3. The van der Waals surface area contributed by atoms with Crippen LogP contribution in [0.25, 0.3) is 0 Å². The highest BCUT2D eigenvalue weighted by atomic mass is 19.2. The summed E-state index contributed by atoms with van der Waals surface area (Å²) in [5.41, 5.74) is 0.429. The van der Waals surface area contributed by atoms with Gasteiger partial charge in [-0.2, -0.15) is 14.0 Å². The molecule has 3 nitrogen and oxygen atoms in total. The molecule has 0 amide bonds. The van der Waals surface area contributed by atoms with Gasteiger partial charge in [0.25, 0.3) is 0 Å². The van der Waals surface area contributed by atoms with Crippen LogP contribution in [0.3, 0.4) is 0 Å². The van der Waals surface area contributed by atoms with Gasteiger partial charge in [-0.15, -0.1) is 0 Å². The molecule has 0 saturated carbocycles. The zero-order valence-electron chi connectivity index (χ0n) is 11.8. The summed E-state index contributed by atoms with van der Waals surface area (Å²) in [5, 5.41) is 8.74. The van der Waals surface area contributed by atoms with Crippen molar-refractivity contribution in [2.75, 3.05) is 13.2 Å². The Labute approximate surface area is 129 Å². The fourth-order valence-electron chi connectivity index (χ4n) is 1.76. The Morgan fingerprint density at radius 3 is 2.22 bits per heavy atom. The first-order chi connectivity index (χ1) is 11.0. The third kappa shape index (κ3) is 4.13. The molecule has 2 aromatic carbocycles. The maximum Gasteiger partial charge on any atom is 0.203 e. The second-order valence-electron chi connectivity index (χ2n) is 4.49. The molecule has 23 heavy (non-hydrogen) atoms. The van der Waals surface area contributed by atoms with Crippen molar-refractivity contribution in [1.29, 1.82) is 5.26 Å². The van der Waals surface area contributed by atoms with Gasteiger partial charge in [0.15, 0.2) is 17.4 Å². The summed E-state index contributed by atoms with van der Waals surface area (Å²) in [5.74, 6) is -6.84. The first-order valence-corrected chi connectivity index (χ1v) is 6.61. The van der Waals surface area contributed by atoms with E-state index in [4.69, 9.17) is 14.7 Å². The summed E-state index contributed by atoms with van der Waals surface area (Å²) in [7, 11) is 0. The summed E-state index contributed by atoms with van der Waals surface area (Å²) >= 11 is 0. The van der Waals surface area contributed by atoms with Crippen LogP contribution in [0, 0.1) is 34.6 Å². The minimum Gasteiger partial charge on any atom is -0.493 e. The third-order valence-electron chi connectivity index (χ3n) is 2.84. The number of hydrogen-bond donors (Lipinski definition) is 0. The second kappa shape index (κ2) is 7.49. The van der Waals surface area contributed by atoms with E-state index in [1.54, 1.807) is 18.2 Å². The lowest BCUT2D eigenvalue weighted by atomic mass is 10.2. The lowest BCUT2D eigenvalue weighted by molar-refractivity contribution is 0.229. The molecule has 0 radical (unpaired) electrons. The van der Waals surface area contributed by atoms with Crippen LogP contribution in [0.4, 0.5) is 17.6 Å². The Kier molecular flexibility index (Phi) is 5.41. The molecule has 0 unspecified atom stereocenters. The van der Waals surface area contributed by atoms with Gasteiger partial charge in [-0.05, 0) is 18.2 Å². The Morgan fingerprint density at radius 1 is 0.913 bits per heavy atom. The minimum atomic E-state index is -1.58. The summed E-state index contributed by atoms with van der Waals surface area (Å²) in [6, 6.07) is 8.49. The van der Waals surface area contributed by atoms with Gasteiger partial charge in [0, 0.05) is 12.5 Å². The molecule has 0 N–H and O–H groups in total. The molecule has 7 heteroatoms.